The molecule has 0 saturated heterocycles. The van der Waals surface area contributed by atoms with Gasteiger partial charge < -0.3 is 25.6 Å². The number of hydrogen-bond donors (Lipinski definition) is 3. The van der Waals surface area contributed by atoms with Crippen molar-refractivity contribution < 1.29 is 19.4 Å². The van der Waals surface area contributed by atoms with Crippen molar-refractivity contribution in [2.45, 2.75) is 26.0 Å². The Morgan fingerprint density at radius 2 is 2.00 bits per heavy atom. The molecule has 0 aliphatic carbocycles. The number of nitrogens with one attached hydrogen (secondary N) is 1. The summed E-state index contributed by atoms with van der Waals surface area (Å²) in [5, 5.41) is 13.2. The molecule has 2 aromatic rings. The first-order chi connectivity index (χ1) is 12.5. The number of para-hydroxylation sites is 1. The van der Waals surface area contributed by atoms with Crippen LogP contribution in [0, 0.1) is 6.92 Å². The van der Waals surface area contributed by atoms with E-state index in [1.165, 1.54) is 0 Å². The van der Waals surface area contributed by atoms with Gasteiger partial charge in [0.15, 0.2) is 0 Å². The van der Waals surface area contributed by atoms with Crippen molar-refractivity contribution in [2.24, 2.45) is 5.73 Å². The molecule has 140 valence electrons. The molecule has 7 heteroatoms. The molecule has 1 heterocycles. The number of rotatable bonds is 10. The Morgan fingerprint density at radius 1 is 1.23 bits per heavy atom. The molecule has 2 rings (SSSR count). The van der Waals surface area contributed by atoms with Gasteiger partial charge in [0.25, 0.3) is 5.91 Å². The van der Waals surface area contributed by atoms with Gasteiger partial charge in [-0.05, 0) is 32.0 Å². The standard InChI is InChI=1S/C19H25N3O4/c1-13-6-5-9-21-19(13)26-12-15(23)10-22-14(2)11-25-17-8-4-3-7-16(17)18(20)24/h3-9,14-15,22-23H,10-12H2,1-2H3,(H2,20,24). The summed E-state index contributed by atoms with van der Waals surface area (Å²) in [5.74, 6) is 0.438. The molecule has 7 nitrogen and oxygen atoms in total. The molecule has 4 N–H and O–H groups in total. The number of carbonyl (C=O) groups is 1. The number of hydrogen-bond acceptors (Lipinski definition) is 6. The minimum atomic E-state index is -0.684. The maximum atomic E-state index is 11.4. The molecule has 0 spiro atoms. The molecule has 2 unspecified atom stereocenters. The number of pyridine rings is 1. The number of primary amides is 1. The van der Waals surface area contributed by atoms with E-state index in [9.17, 15) is 9.90 Å². The third-order valence-corrected chi connectivity index (χ3v) is 3.72. The summed E-state index contributed by atoms with van der Waals surface area (Å²) in [5.41, 5.74) is 6.59. The van der Waals surface area contributed by atoms with Gasteiger partial charge in [0.1, 0.15) is 25.1 Å². The van der Waals surface area contributed by atoms with Crippen molar-refractivity contribution in [1.29, 1.82) is 0 Å². The van der Waals surface area contributed by atoms with Gasteiger partial charge in [-0.25, -0.2) is 4.98 Å². The molecule has 0 radical (unpaired) electrons. The number of carbonyl (C=O) groups excluding carboxylic acids is 1. The fraction of sp³-hybridized carbons (Fsp3) is 0.368. The number of nitrogens with zero attached hydrogens (tertiary/aromatic N) is 1. The van der Waals surface area contributed by atoms with Crippen LogP contribution in [-0.2, 0) is 0 Å². The van der Waals surface area contributed by atoms with Crippen molar-refractivity contribution in [3.63, 3.8) is 0 Å². The van der Waals surface area contributed by atoms with Crippen LogP contribution >= 0.6 is 0 Å². The van der Waals surface area contributed by atoms with E-state index in [-0.39, 0.29) is 12.6 Å². The zero-order chi connectivity index (χ0) is 18.9. The van der Waals surface area contributed by atoms with Gasteiger partial charge in [-0.2, -0.15) is 0 Å². The first kappa shape index (κ1) is 19.7. The molecule has 0 aliphatic rings. The van der Waals surface area contributed by atoms with Crippen LogP contribution in [0.4, 0.5) is 0 Å². The summed E-state index contributed by atoms with van der Waals surface area (Å²) in [6.07, 6.45) is 0.966. The monoisotopic (exact) mass is 359 g/mol. The Bertz CT molecular complexity index is 723. The Hall–Kier alpha value is -2.64. The number of aromatic nitrogens is 1. The van der Waals surface area contributed by atoms with E-state index in [2.05, 4.69) is 10.3 Å². The van der Waals surface area contributed by atoms with Gasteiger partial charge in [0, 0.05) is 24.3 Å². The quantitative estimate of drug-likeness (QED) is 0.590. The molecule has 1 amide bonds. The van der Waals surface area contributed by atoms with Crippen molar-refractivity contribution in [3.8, 4) is 11.6 Å². The number of benzene rings is 1. The molecule has 0 aliphatic heterocycles. The van der Waals surface area contributed by atoms with Gasteiger partial charge in [-0.3, -0.25) is 4.79 Å². The van der Waals surface area contributed by atoms with Crippen molar-refractivity contribution in [1.82, 2.24) is 10.3 Å². The Labute approximate surface area is 153 Å². The van der Waals surface area contributed by atoms with E-state index >= 15 is 0 Å². The lowest BCUT2D eigenvalue weighted by Crippen LogP contribution is -2.39. The summed E-state index contributed by atoms with van der Waals surface area (Å²) < 4.78 is 11.2. The normalized spacial score (nSPS) is 13.0. The fourth-order valence-electron chi connectivity index (χ4n) is 2.26. The van der Waals surface area contributed by atoms with Crippen LogP contribution < -0.4 is 20.5 Å². The third-order valence-electron chi connectivity index (χ3n) is 3.72. The van der Waals surface area contributed by atoms with Gasteiger partial charge in [-0.15, -0.1) is 0 Å². The Morgan fingerprint density at radius 3 is 2.73 bits per heavy atom. The van der Waals surface area contributed by atoms with E-state index in [1.807, 2.05) is 26.0 Å². The molecule has 1 aromatic heterocycles. The predicted molar refractivity (Wildman–Crippen MR) is 98.4 cm³/mol. The van der Waals surface area contributed by atoms with E-state index in [0.29, 0.717) is 30.3 Å². The average Bonchev–Trinajstić information content (AvgIpc) is 2.64. The number of nitrogens with two attached hydrogens (primary N) is 1. The second kappa shape index (κ2) is 9.74. The number of ether oxygens (including phenoxy) is 2. The summed E-state index contributed by atoms with van der Waals surface area (Å²) in [6.45, 7) is 4.63. The van der Waals surface area contributed by atoms with E-state index in [1.54, 1.807) is 30.5 Å². The maximum absolute atomic E-state index is 11.4. The summed E-state index contributed by atoms with van der Waals surface area (Å²) in [4.78, 5) is 15.5. The Balaban J connectivity index is 1.72. The van der Waals surface area contributed by atoms with Crippen LogP contribution in [0.5, 0.6) is 11.6 Å². The molecule has 0 bridgehead atoms. The minimum absolute atomic E-state index is 0.0397. The molecule has 1 aromatic carbocycles. The molecule has 0 fully saturated rings. The van der Waals surface area contributed by atoms with Crippen LogP contribution in [0.2, 0.25) is 0 Å². The molecule has 26 heavy (non-hydrogen) atoms. The number of aliphatic hydroxyl groups excluding tert-OH is 1. The third kappa shape index (κ3) is 6.02. The molecule has 0 saturated carbocycles. The maximum Gasteiger partial charge on any atom is 0.252 e. The van der Waals surface area contributed by atoms with Crippen LogP contribution in [0.25, 0.3) is 0 Å². The number of amides is 1. The van der Waals surface area contributed by atoms with E-state index < -0.39 is 12.0 Å². The molecular formula is C19H25N3O4. The summed E-state index contributed by atoms with van der Waals surface area (Å²) >= 11 is 0. The highest BCUT2D eigenvalue weighted by atomic mass is 16.5. The molecular weight excluding hydrogens is 334 g/mol. The van der Waals surface area contributed by atoms with Crippen LogP contribution in [0.3, 0.4) is 0 Å². The van der Waals surface area contributed by atoms with Crippen LogP contribution in [0.15, 0.2) is 42.6 Å². The summed E-state index contributed by atoms with van der Waals surface area (Å²) in [7, 11) is 0. The Kier molecular flexibility index (Phi) is 7.37. The van der Waals surface area contributed by atoms with Crippen molar-refractivity contribution in [2.75, 3.05) is 19.8 Å². The first-order valence-corrected chi connectivity index (χ1v) is 8.45. The van der Waals surface area contributed by atoms with Crippen LogP contribution in [-0.4, -0.2) is 47.9 Å². The highest BCUT2D eigenvalue weighted by Gasteiger charge is 2.12. The van der Waals surface area contributed by atoms with E-state index in [4.69, 9.17) is 15.2 Å². The van der Waals surface area contributed by atoms with Gasteiger partial charge in [0.05, 0.1) is 5.56 Å². The van der Waals surface area contributed by atoms with Gasteiger partial charge >= 0.3 is 0 Å². The van der Waals surface area contributed by atoms with Crippen LogP contribution in [0.1, 0.15) is 22.8 Å². The lowest BCUT2D eigenvalue weighted by atomic mass is 10.2. The lowest BCUT2D eigenvalue weighted by molar-refractivity contribution is 0.0981. The number of aryl methyl sites for hydroxylation is 1. The lowest BCUT2D eigenvalue weighted by Gasteiger charge is -2.19. The molecule has 2 atom stereocenters. The first-order valence-electron chi connectivity index (χ1n) is 8.45. The fourth-order valence-corrected chi connectivity index (χ4v) is 2.26. The number of aliphatic hydroxyl groups is 1. The van der Waals surface area contributed by atoms with Crippen molar-refractivity contribution >= 4 is 5.91 Å². The zero-order valence-electron chi connectivity index (χ0n) is 15.0. The summed E-state index contributed by atoms with van der Waals surface area (Å²) in [6, 6.07) is 10.5. The van der Waals surface area contributed by atoms with Gasteiger partial charge in [0.2, 0.25) is 5.88 Å². The van der Waals surface area contributed by atoms with E-state index in [0.717, 1.165) is 5.56 Å². The average molecular weight is 359 g/mol. The minimum Gasteiger partial charge on any atom is -0.491 e. The zero-order valence-corrected chi connectivity index (χ0v) is 15.0. The highest BCUT2D eigenvalue weighted by Crippen LogP contribution is 2.17. The SMILES string of the molecule is Cc1cccnc1OCC(O)CNC(C)COc1ccccc1C(N)=O. The highest BCUT2D eigenvalue weighted by molar-refractivity contribution is 5.95. The second-order valence-electron chi connectivity index (χ2n) is 6.07. The topological polar surface area (TPSA) is 107 Å². The second-order valence-corrected chi connectivity index (χ2v) is 6.07. The predicted octanol–water partition coefficient (Wildman–Crippen LogP) is 1.29. The largest absolute Gasteiger partial charge is 0.491 e. The van der Waals surface area contributed by atoms with Crippen molar-refractivity contribution in [3.05, 3.63) is 53.7 Å². The van der Waals surface area contributed by atoms with Gasteiger partial charge in [-0.1, -0.05) is 18.2 Å². The smallest absolute Gasteiger partial charge is 0.252 e.